The van der Waals surface area contributed by atoms with Crippen molar-refractivity contribution in [3.05, 3.63) is 18.3 Å². The minimum Gasteiger partial charge on any atom is -0.391 e. The zero-order valence-corrected chi connectivity index (χ0v) is 10.2. The lowest BCUT2D eigenvalue weighted by Gasteiger charge is -2.14. The zero-order chi connectivity index (χ0) is 12.0. The summed E-state index contributed by atoms with van der Waals surface area (Å²) in [4.78, 5) is 4.12. The normalized spacial score (nSPS) is 12.6. The average molecular weight is 223 g/mol. The molecule has 0 radical (unpaired) electrons. The Morgan fingerprint density at radius 2 is 2.19 bits per heavy atom. The lowest BCUT2D eigenvalue weighted by Crippen LogP contribution is -2.21. The fraction of sp³-hybridized carbons (Fsp3) is 0.583. The molecular weight excluding hydrogens is 202 g/mol. The number of aromatic nitrogens is 1. The Hall–Kier alpha value is -1.29. The van der Waals surface area contributed by atoms with Gasteiger partial charge < -0.3 is 15.7 Å². The Kier molecular flexibility index (Phi) is 5.05. The fourth-order valence-corrected chi connectivity index (χ4v) is 1.54. The topological polar surface area (TPSA) is 57.2 Å². The summed E-state index contributed by atoms with van der Waals surface area (Å²) in [6, 6.07) is 3.81. The van der Waals surface area contributed by atoms with Gasteiger partial charge in [0.1, 0.15) is 5.82 Å². The van der Waals surface area contributed by atoms with E-state index in [4.69, 9.17) is 0 Å². The van der Waals surface area contributed by atoms with Gasteiger partial charge in [0.05, 0.1) is 6.10 Å². The van der Waals surface area contributed by atoms with E-state index in [2.05, 4.69) is 29.5 Å². The number of rotatable bonds is 6. The second-order valence-corrected chi connectivity index (χ2v) is 4.34. The van der Waals surface area contributed by atoms with Gasteiger partial charge in [0.15, 0.2) is 0 Å². The molecule has 0 saturated heterocycles. The van der Waals surface area contributed by atoms with Crippen molar-refractivity contribution in [1.29, 1.82) is 0 Å². The predicted molar refractivity (Wildman–Crippen MR) is 67.7 cm³/mol. The van der Waals surface area contributed by atoms with Crippen molar-refractivity contribution in [1.82, 2.24) is 4.98 Å². The monoisotopic (exact) mass is 223 g/mol. The molecule has 16 heavy (non-hydrogen) atoms. The quantitative estimate of drug-likeness (QED) is 0.690. The molecule has 4 nitrogen and oxygen atoms in total. The van der Waals surface area contributed by atoms with Crippen LogP contribution in [-0.4, -0.2) is 29.8 Å². The molecule has 0 fully saturated rings. The molecule has 0 amide bonds. The van der Waals surface area contributed by atoms with Gasteiger partial charge in [-0.2, -0.15) is 0 Å². The third kappa shape index (κ3) is 4.49. The molecule has 0 saturated carbocycles. The van der Waals surface area contributed by atoms with Crippen molar-refractivity contribution >= 4 is 11.5 Å². The molecule has 3 N–H and O–H groups in total. The molecule has 0 aromatic carbocycles. The van der Waals surface area contributed by atoms with E-state index in [1.54, 1.807) is 6.20 Å². The maximum atomic E-state index is 9.71. The van der Waals surface area contributed by atoms with Gasteiger partial charge in [-0.15, -0.1) is 0 Å². The molecule has 0 spiro atoms. The summed E-state index contributed by atoms with van der Waals surface area (Å²) in [5.74, 6) is 1.34. The number of pyridine rings is 1. The van der Waals surface area contributed by atoms with Crippen molar-refractivity contribution < 1.29 is 5.11 Å². The van der Waals surface area contributed by atoms with Gasteiger partial charge in [-0.1, -0.05) is 13.8 Å². The summed E-state index contributed by atoms with van der Waals surface area (Å²) in [7, 11) is 1.83. The SMILES string of the molecule is CNc1cc(NCC(O)CC(C)C)ccn1. The van der Waals surface area contributed by atoms with Crippen LogP contribution in [0, 0.1) is 5.92 Å². The second-order valence-electron chi connectivity index (χ2n) is 4.34. The van der Waals surface area contributed by atoms with E-state index in [1.165, 1.54) is 0 Å². The van der Waals surface area contributed by atoms with Crippen LogP contribution < -0.4 is 10.6 Å². The highest BCUT2D eigenvalue weighted by atomic mass is 16.3. The highest BCUT2D eigenvalue weighted by Gasteiger charge is 2.06. The maximum absolute atomic E-state index is 9.71. The van der Waals surface area contributed by atoms with Crippen LogP contribution in [0.5, 0.6) is 0 Å². The number of anilines is 2. The summed E-state index contributed by atoms with van der Waals surface area (Å²) in [5.41, 5.74) is 0.974. The lowest BCUT2D eigenvalue weighted by atomic mass is 10.1. The molecule has 1 rings (SSSR count). The third-order valence-electron chi connectivity index (χ3n) is 2.30. The Labute approximate surface area is 97.1 Å². The van der Waals surface area contributed by atoms with Crippen LogP contribution in [0.25, 0.3) is 0 Å². The van der Waals surface area contributed by atoms with Crippen molar-refractivity contribution in [3.63, 3.8) is 0 Å². The number of aliphatic hydroxyl groups is 1. The number of hydrogen-bond acceptors (Lipinski definition) is 4. The lowest BCUT2D eigenvalue weighted by molar-refractivity contribution is 0.161. The van der Waals surface area contributed by atoms with Crippen molar-refractivity contribution in [3.8, 4) is 0 Å². The Bertz CT molecular complexity index is 315. The van der Waals surface area contributed by atoms with Gasteiger partial charge in [-0.05, 0) is 18.4 Å². The van der Waals surface area contributed by atoms with Gasteiger partial charge >= 0.3 is 0 Å². The first-order valence-electron chi connectivity index (χ1n) is 5.67. The van der Waals surface area contributed by atoms with Crippen molar-refractivity contribution in [2.75, 3.05) is 24.2 Å². The number of nitrogens with zero attached hydrogens (tertiary/aromatic N) is 1. The first kappa shape index (κ1) is 12.8. The smallest absolute Gasteiger partial charge is 0.127 e. The van der Waals surface area contributed by atoms with E-state index < -0.39 is 0 Å². The minimum atomic E-state index is -0.300. The number of nitrogens with one attached hydrogen (secondary N) is 2. The van der Waals surface area contributed by atoms with Crippen LogP contribution in [0.2, 0.25) is 0 Å². The van der Waals surface area contributed by atoms with Crippen LogP contribution in [0.4, 0.5) is 11.5 Å². The van der Waals surface area contributed by atoms with E-state index >= 15 is 0 Å². The van der Waals surface area contributed by atoms with Crippen LogP contribution in [0.1, 0.15) is 20.3 Å². The summed E-state index contributed by atoms with van der Waals surface area (Å²) < 4.78 is 0. The standard InChI is InChI=1S/C12H21N3O/c1-9(2)6-11(16)8-15-10-4-5-14-12(7-10)13-3/h4-5,7,9,11,16H,6,8H2,1-3H3,(H2,13,14,15). The van der Waals surface area contributed by atoms with E-state index in [0.29, 0.717) is 12.5 Å². The van der Waals surface area contributed by atoms with Gasteiger partial charge in [0.2, 0.25) is 0 Å². The Morgan fingerprint density at radius 1 is 1.44 bits per heavy atom. The summed E-state index contributed by atoms with van der Waals surface area (Å²) in [6.45, 7) is 4.79. The maximum Gasteiger partial charge on any atom is 0.127 e. The minimum absolute atomic E-state index is 0.300. The van der Waals surface area contributed by atoms with Gasteiger partial charge in [0, 0.05) is 31.5 Å². The highest BCUT2D eigenvalue weighted by Crippen LogP contribution is 2.12. The van der Waals surface area contributed by atoms with Gasteiger partial charge in [0.25, 0.3) is 0 Å². The van der Waals surface area contributed by atoms with Crippen LogP contribution in [0.15, 0.2) is 18.3 Å². The van der Waals surface area contributed by atoms with E-state index in [0.717, 1.165) is 17.9 Å². The molecule has 0 aliphatic carbocycles. The Morgan fingerprint density at radius 3 is 2.81 bits per heavy atom. The third-order valence-corrected chi connectivity index (χ3v) is 2.30. The van der Waals surface area contributed by atoms with Crippen LogP contribution >= 0.6 is 0 Å². The zero-order valence-electron chi connectivity index (χ0n) is 10.2. The van der Waals surface area contributed by atoms with Gasteiger partial charge in [-0.3, -0.25) is 0 Å². The van der Waals surface area contributed by atoms with Crippen molar-refractivity contribution in [2.45, 2.75) is 26.4 Å². The molecule has 0 bridgehead atoms. The molecule has 1 aromatic heterocycles. The second kappa shape index (κ2) is 6.33. The number of aliphatic hydroxyl groups excluding tert-OH is 1. The molecule has 1 unspecified atom stereocenters. The summed E-state index contributed by atoms with van der Waals surface area (Å²) in [5, 5.41) is 15.9. The van der Waals surface area contributed by atoms with E-state index in [9.17, 15) is 5.11 Å². The summed E-state index contributed by atoms with van der Waals surface area (Å²) >= 11 is 0. The molecule has 4 heteroatoms. The molecule has 1 heterocycles. The molecule has 0 aliphatic heterocycles. The van der Waals surface area contributed by atoms with Crippen LogP contribution in [-0.2, 0) is 0 Å². The largest absolute Gasteiger partial charge is 0.391 e. The first-order chi connectivity index (χ1) is 7.61. The van der Waals surface area contributed by atoms with E-state index in [-0.39, 0.29) is 6.10 Å². The predicted octanol–water partition coefficient (Wildman–Crippen LogP) is 1.94. The van der Waals surface area contributed by atoms with Gasteiger partial charge in [-0.25, -0.2) is 4.98 Å². The molecule has 1 atom stereocenters. The van der Waals surface area contributed by atoms with E-state index in [1.807, 2.05) is 19.2 Å². The highest BCUT2D eigenvalue weighted by molar-refractivity contribution is 5.51. The first-order valence-corrected chi connectivity index (χ1v) is 5.67. The van der Waals surface area contributed by atoms with Crippen LogP contribution in [0.3, 0.4) is 0 Å². The molecule has 90 valence electrons. The molecular formula is C12H21N3O. The molecule has 1 aromatic rings. The summed E-state index contributed by atoms with van der Waals surface area (Å²) in [6.07, 6.45) is 2.26. The fourth-order valence-electron chi connectivity index (χ4n) is 1.54. The number of hydrogen-bond donors (Lipinski definition) is 3. The average Bonchev–Trinajstić information content (AvgIpc) is 2.26. The van der Waals surface area contributed by atoms with Crippen molar-refractivity contribution in [2.24, 2.45) is 5.92 Å². The molecule has 0 aliphatic rings. The Balaban J connectivity index is 2.41.